The van der Waals surface area contributed by atoms with Crippen LogP contribution in [0.15, 0.2) is 60.7 Å². The summed E-state index contributed by atoms with van der Waals surface area (Å²) in [5.74, 6) is -0.247. The van der Waals surface area contributed by atoms with Crippen LogP contribution in [0.5, 0.6) is 0 Å². The van der Waals surface area contributed by atoms with Crippen molar-refractivity contribution in [1.29, 1.82) is 0 Å². The second-order valence-electron chi connectivity index (χ2n) is 9.52. The fourth-order valence-electron chi connectivity index (χ4n) is 4.58. The van der Waals surface area contributed by atoms with Crippen LogP contribution in [-0.2, 0) is 17.6 Å². The Labute approximate surface area is 202 Å². The van der Waals surface area contributed by atoms with Crippen LogP contribution in [-0.4, -0.2) is 59.3 Å². The quantitative estimate of drug-likeness (QED) is 0.408. The topological polar surface area (TPSA) is 108 Å². The number of rotatable bonds is 11. The molecule has 5 N–H and O–H groups in total. The molecule has 0 aliphatic carbocycles. The number of carbonyl (C=O) groups is 2. The van der Waals surface area contributed by atoms with Gasteiger partial charge in [-0.3, -0.25) is 4.79 Å². The van der Waals surface area contributed by atoms with Gasteiger partial charge >= 0.3 is 6.03 Å². The lowest BCUT2D eigenvalue weighted by molar-refractivity contribution is -0.128. The van der Waals surface area contributed by atoms with Crippen LogP contribution in [0.3, 0.4) is 0 Å². The third kappa shape index (κ3) is 7.30. The second kappa shape index (κ2) is 12.5. The standard InChI is InChI=1S/C27H38N4O3/c1-19(2)25(31-15-9-14-29-27(31)34)26(33)30-22(16-20-10-5-3-6-11-20)18-24(32)23(28)17-21-12-7-4-8-13-21/h3-8,10-13,19,22-25,32H,9,14-18,28H2,1-2H3,(H,29,34)(H,30,33)/t22-,23+,24+,25-/m1/s1. The van der Waals surface area contributed by atoms with Crippen LogP contribution in [0.4, 0.5) is 4.79 Å². The van der Waals surface area contributed by atoms with E-state index in [9.17, 15) is 14.7 Å². The Hall–Kier alpha value is -2.90. The minimum atomic E-state index is -0.787. The van der Waals surface area contributed by atoms with E-state index in [0.29, 0.717) is 32.4 Å². The van der Waals surface area contributed by atoms with Gasteiger partial charge in [-0.1, -0.05) is 74.5 Å². The highest BCUT2D eigenvalue weighted by Gasteiger charge is 2.35. The van der Waals surface area contributed by atoms with Gasteiger partial charge in [-0.2, -0.15) is 0 Å². The number of aliphatic hydroxyl groups excluding tert-OH is 1. The molecule has 0 unspecified atom stereocenters. The minimum absolute atomic E-state index is 0.0495. The van der Waals surface area contributed by atoms with Gasteiger partial charge in [-0.05, 0) is 42.7 Å². The molecule has 3 rings (SSSR count). The summed E-state index contributed by atoms with van der Waals surface area (Å²) in [5, 5.41) is 16.9. The number of urea groups is 1. The molecule has 1 heterocycles. The lowest BCUT2D eigenvalue weighted by Crippen LogP contribution is -2.59. The number of amides is 3. The van der Waals surface area contributed by atoms with Crippen LogP contribution >= 0.6 is 0 Å². The first-order chi connectivity index (χ1) is 16.3. The number of nitrogens with two attached hydrogens (primary N) is 1. The molecule has 4 atom stereocenters. The van der Waals surface area contributed by atoms with Gasteiger partial charge < -0.3 is 26.4 Å². The second-order valence-corrected chi connectivity index (χ2v) is 9.52. The van der Waals surface area contributed by atoms with Crippen molar-refractivity contribution in [1.82, 2.24) is 15.5 Å². The molecule has 1 aliphatic heterocycles. The molecule has 1 saturated heterocycles. The van der Waals surface area contributed by atoms with E-state index in [1.165, 1.54) is 0 Å². The first kappa shape index (κ1) is 25.7. The summed E-state index contributed by atoms with van der Waals surface area (Å²) in [5.41, 5.74) is 8.47. The fourth-order valence-corrected chi connectivity index (χ4v) is 4.58. The van der Waals surface area contributed by atoms with Crippen LogP contribution in [0, 0.1) is 5.92 Å². The Morgan fingerprint density at radius 3 is 2.21 bits per heavy atom. The molecular weight excluding hydrogens is 428 g/mol. The lowest BCUT2D eigenvalue weighted by Gasteiger charge is -2.37. The highest BCUT2D eigenvalue weighted by molar-refractivity contribution is 5.87. The van der Waals surface area contributed by atoms with Gasteiger partial charge in [0.15, 0.2) is 0 Å². The van der Waals surface area contributed by atoms with Crippen LogP contribution in [0.25, 0.3) is 0 Å². The first-order valence-corrected chi connectivity index (χ1v) is 12.2. The van der Waals surface area contributed by atoms with Crippen LogP contribution in [0.1, 0.15) is 37.8 Å². The highest BCUT2D eigenvalue weighted by Crippen LogP contribution is 2.17. The van der Waals surface area contributed by atoms with Crippen LogP contribution in [0.2, 0.25) is 0 Å². The lowest BCUT2D eigenvalue weighted by atomic mass is 9.93. The van der Waals surface area contributed by atoms with Crippen molar-refractivity contribution >= 4 is 11.9 Å². The molecule has 3 amide bonds. The SMILES string of the molecule is CC(C)[C@H](C(=O)N[C@H](Cc1ccccc1)C[C@H](O)[C@@H](N)Cc1ccccc1)N1CCCNC1=O. The summed E-state index contributed by atoms with van der Waals surface area (Å²) < 4.78 is 0. The number of hydrogen-bond acceptors (Lipinski definition) is 4. The third-order valence-corrected chi connectivity index (χ3v) is 6.35. The van der Waals surface area contributed by atoms with Gasteiger partial charge in [0.05, 0.1) is 6.10 Å². The molecule has 1 aliphatic rings. The smallest absolute Gasteiger partial charge is 0.318 e. The Morgan fingerprint density at radius 2 is 1.65 bits per heavy atom. The normalized spacial score (nSPS) is 17.6. The van der Waals surface area contributed by atoms with Crippen molar-refractivity contribution in [2.75, 3.05) is 13.1 Å². The Kier molecular flexibility index (Phi) is 9.48. The molecule has 1 fully saturated rings. The zero-order valence-corrected chi connectivity index (χ0v) is 20.2. The predicted molar refractivity (Wildman–Crippen MR) is 134 cm³/mol. The van der Waals surface area contributed by atoms with Crippen molar-refractivity contribution in [2.45, 2.75) is 63.8 Å². The zero-order valence-electron chi connectivity index (χ0n) is 20.2. The molecule has 0 saturated carbocycles. The molecule has 2 aromatic rings. The summed E-state index contributed by atoms with van der Waals surface area (Å²) in [6, 6.07) is 18.2. The largest absolute Gasteiger partial charge is 0.391 e. The van der Waals surface area contributed by atoms with Gasteiger partial charge in [0.2, 0.25) is 5.91 Å². The van der Waals surface area contributed by atoms with Crippen molar-refractivity contribution < 1.29 is 14.7 Å². The number of nitrogens with zero attached hydrogens (tertiary/aromatic N) is 1. The Balaban J connectivity index is 1.72. The highest BCUT2D eigenvalue weighted by atomic mass is 16.3. The number of carbonyl (C=O) groups excluding carboxylic acids is 2. The number of hydrogen-bond donors (Lipinski definition) is 4. The fraction of sp³-hybridized carbons (Fsp3) is 0.481. The molecule has 34 heavy (non-hydrogen) atoms. The van der Waals surface area contributed by atoms with E-state index in [4.69, 9.17) is 5.73 Å². The molecular formula is C27H38N4O3. The maximum Gasteiger partial charge on any atom is 0.318 e. The van der Waals surface area contributed by atoms with E-state index in [2.05, 4.69) is 10.6 Å². The van der Waals surface area contributed by atoms with Gasteiger partial charge in [0.1, 0.15) is 6.04 Å². The summed E-state index contributed by atoms with van der Waals surface area (Å²) >= 11 is 0. The Morgan fingerprint density at radius 1 is 1.06 bits per heavy atom. The Bertz CT molecular complexity index is 907. The van der Waals surface area contributed by atoms with E-state index < -0.39 is 18.2 Å². The molecule has 2 aromatic carbocycles. The van der Waals surface area contributed by atoms with Crippen molar-refractivity contribution in [2.24, 2.45) is 11.7 Å². The maximum atomic E-state index is 13.4. The van der Waals surface area contributed by atoms with E-state index in [0.717, 1.165) is 17.5 Å². The third-order valence-electron chi connectivity index (χ3n) is 6.35. The summed E-state index contributed by atoms with van der Waals surface area (Å²) in [6.45, 7) is 5.08. The summed E-state index contributed by atoms with van der Waals surface area (Å²) in [4.78, 5) is 27.5. The predicted octanol–water partition coefficient (Wildman–Crippen LogP) is 2.47. The number of benzene rings is 2. The van der Waals surface area contributed by atoms with E-state index in [-0.39, 0.29) is 23.9 Å². The van der Waals surface area contributed by atoms with Gasteiger partial charge in [-0.15, -0.1) is 0 Å². The average Bonchev–Trinajstić information content (AvgIpc) is 2.81. The summed E-state index contributed by atoms with van der Waals surface area (Å²) in [6.07, 6.45) is 1.47. The first-order valence-electron chi connectivity index (χ1n) is 12.2. The molecule has 0 aromatic heterocycles. The van der Waals surface area contributed by atoms with Crippen molar-refractivity contribution in [3.8, 4) is 0 Å². The number of aliphatic hydroxyl groups is 1. The van der Waals surface area contributed by atoms with Crippen molar-refractivity contribution in [3.05, 3.63) is 71.8 Å². The molecule has 7 heteroatoms. The van der Waals surface area contributed by atoms with E-state index in [1.54, 1.807) is 4.90 Å². The maximum absolute atomic E-state index is 13.4. The van der Waals surface area contributed by atoms with Gasteiger partial charge in [0, 0.05) is 25.2 Å². The number of nitrogens with one attached hydrogen (secondary N) is 2. The van der Waals surface area contributed by atoms with Crippen LogP contribution < -0.4 is 16.4 Å². The monoisotopic (exact) mass is 466 g/mol. The molecule has 0 bridgehead atoms. The molecule has 0 radical (unpaired) electrons. The molecule has 0 spiro atoms. The molecule has 184 valence electrons. The van der Waals surface area contributed by atoms with Gasteiger partial charge in [0.25, 0.3) is 0 Å². The van der Waals surface area contributed by atoms with E-state index >= 15 is 0 Å². The van der Waals surface area contributed by atoms with Gasteiger partial charge in [-0.25, -0.2) is 4.79 Å². The minimum Gasteiger partial charge on any atom is -0.391 e. The zero-order chi connectivity index (χ0) is 24.5. The van der Waals surface area contributed by atoms with E-state index in [1.807, 2.05) is 74.5 Å². The van der Waals surface area contributed by atoms with Crippen molar-refractivity contribution in [3.63, 3.8) is 0 Å². The summed E-state index contributed by atoms with van der Waals surface area (Å²) in [7, 11) is 0. The molecule has 7 nitrogen and oxygen atoms in total. The average molecular weight is 467 g/mol.